The second-order valence-corrected chi connectivity index (χ2v) is 7.69. The molecule has 0 atom stereocenters. The minimum absolute atomic E-state index is 0.00852. The summed E-state index contributed by atoms with van der Waals surface area (Å²) in [6, 6.07) is 1.75. The predicted molar refractivity (Wildman–Crippen MR) is 76.0 cm³/mol. The fourth-order valence-electron chi connectivity index (χ4n) is 2.15. The van der Waals surface area contributed by atoms with Crippen LogP contribution in [-0.2, 0) is 21.3 Å². The van der Waals surface area contributed by atoms with Gasteiger partial charge in [-0.2, -0.15) is 0 Å². The zero-order chi connectivity index (χ0) is 13.9. The van der Waals surface area contributed by atoms with Crippen LogP contribution in [0.15, 0.2) is 11.0 Å². The van der Waals surface area contributed by atoms with Gasteiger partial charge >= 0.3 is 0 Å². The van der Waals surface area contributed by atoms with Gasteiger partial charge in [-0.15, -0.1) is 11.3 Å². The molecule has 1 saturated heterocycles. The number of nitrogens with one attached hydrogen (secondary N) is 2. The lowest BCUT2D eigenvalue weighted by molar-refractivity contribution is 0.0832. The molecule has 0 bridgehead atoms. The van der Waals surface area contributed by atoms with Gasteiger partial charge in [-0.05, 0) is 32.9 Å². The van der Waals surface area contributed by atoms with Crippen LogP contribution in [-0.4, -0.2) is 34.7 Å². The van der Waals surface area contributed by atoms with Gasteiger partial charge in [-0.1, -0.05) is 0 Å². The van der Waals surface area contributed by atoms with Crippen LogP contribution in [0.1, 0.15) is 22.6 Å². The minimum Gasteiger partial charge on any atom is -0.381 e. The molecule has 5 nitrogen and oxygen atoms in total. The van der Waals surface area contributed by atoms with Gasteiger partial charge in [-0.25, -0.2) is 13.1 Å². The Kier molecular flexibility index (Phi) is 4.97. The van der Waals surface area contributed by atoms with Gasteiger partial charge in [0.25, 0.3) is 0 Å². The van der Waals surface area contributed by atoms with Crippen molar-refractivity contribution in [3.05, 3.63) is 15.8 Å². The van der Waals surface area contributed by atoms with Crippen molar-refractivity contribution >= 4 is 21.4 Å². The average Bonchev–Trinajstić information content (AvgIpc) is 2.72. The smallest absolute Gasteiger partial charge is 0.241 e. The fourth-order valence-corrected chi connectivity index (χ4v) is 5.10. The van der Waals surface area contributed by atoms with E-state index in [0.717, 1.165) is 22.6 Å². The third-order valence-corrected chi connectivity index (χ3v) is 5.93. The van der Waals surface area contributed by atoms with Gasteiger partial charge in [0.2, 0.25) is 10.0 Å². The van der Waals surface area contributed by atoms with Crippen LogP contribution < -0.4 is 10.0 Å². The lowest BCUT2D eigenvalue weighted by Crippen LogP contribution is -2.38. The van der Waals surface area contributed by atoms with Gasteiger partial charge < -0.3 is 10.1 Å². The maximum absolute atomic E-state index is 12.4. The van der Waals surface area contributed by atoms with Gasteiger partial charge in [0, 0.05) is 35.6 Å². The third kappa shape index (κ3) is 3.76. The fraction of sp³-hybridized carbons (Fsp3) is 0.667. The molecule has 0 radical (unpaired) electrons. The zero-order valence-electron chi connectivity index (χ0n) is 11.2. The summed E-state index contributed by atoms with van der Waals surface area (Å²) < 4.78 is 32.8. The van der Waals surface area contributed by atoms with E-state index in [2.05, 4.69) is 10.0 Å². The van der Waals surface area contributed by atoms with E-state index in [1.54, 1.807) is 6.07 Å². The summed E-state index contributed by atoms with van der Waals surface area (Å²) in [5.74, 6) is 0. The maximum Gasteiger partial charge on any atom is 0.241 e. The molecule has 0 unspecified atom stereocenters. The van der Waals surface area contributed by atoms with Crippen molar-refractivity contribution in [3.8, 4) is 0 Å². The molecule has 0 spiro atoms. The Labute approximate surface area is 118 Å². The Morgan fingerprint density at radius 3 is 2.74 bits per heavy atom. The summed E-state index contributed by atoms with van der Waals surface area (Å²) in [5, 5.41) is 3.04. The molecule has 0 aliphatic carbocycles. The van der Waals surface area contributed by atoms with Gasteiger partial charge in [-0.3, -0.25) is 0 Å². The summed E-state index contributed by atoms with van der Waals surface area (Å²) in [6.45, 7) is 3.79. The molecule has 19 heavy (non-hydrogen) atoms. The second-order valence-electron chi connectivity index (χ2n) is 4.67. The number of rotatable bonds is 5. The van der Waals surface area contributed by atoms with Crippen molar-refractivity contribution in [1.82, 2.24) is 10.0 Å². The largest absolute Gasteiger partial charge is 0.381 e. The summed E-state index contributed by atoms with van der Waals surface area (Å²) in [6.07, 6.45) is 1.48. The standard InChI is InChI=1S/C12H20N2O3S2/c1-9-12(7-11(18-9)8-13-2)19(15,16)14-10-3-5-17-6-4-10/h7,10,13-14H,3-6,8H2,1-2H3. The molecular weight excluding hydrogens is 284 g/mol. The zero-order valence-corrected chi connectivity index (χ0v) is 12.9. The van der Waals surface area contributed by atoms with Crippen molar-refractivity contribution in [3.63, 3.8) is 0 Å². The summed E-state index contributed by atoms with van der Waals surface area (Å²) in [7, 11) is -1.56. The van der Waals surface area contributed by atoms with E-state index in [1.807, 2.05) is 14.0 Å². The van der Waals surface area contributed by atoms with Gasteiger partial charge in [0.15, 0.2) is 0 Å². The first kappa shape index (κ1) is 14.9. The normalized spacial score (nSPS) is 17.8. The maximum atomic E-state index is 12.4. The van der Waals surface area contributed by atoms with Crippen LogP contribution in [0.25, 0.3) is 0 Å². The molecule has 108 valence electrons. The van der Waals surface area contributed by atoms with E-state index in [1.165, 1.54) is 11.3 Å². The molecule has 1 aromatic rings. The van der Waals surface area contributed by atoms with Crippen LogP contribution in [0.2, 0.25) is 0 Å². The van der Waals surface area contributed by atoms with Crippen molar-refractivity contribution in [2.45, 2.75) is 37.2 Å². The van der Waals surface area contributed by atoms with E-state index in [0.29, 0.717) is 24.7 Å². The molecule has 1 aromatic heterocycles. The topological polar surface area (TPSA) is 67.4 Å². The molecule has 2 heterocycles. The van der Waals surface area contributed by atoms with E-state index in [9.17, 15) is 8.42 Å². The Morgan fingerprint density at radius 2 is 2.11 bits per heavy atom. The van der Waals surface area contributed by atoms with Gasteiger partial charge in [0.1, 0.15) is 0 Å². The number of thiophene rings is 1. The first-order valence-electron chi connectivity index (χ1n) is 6.37. The molecule has 0 amide bonds. The van der Waals surface area contributed by atoms with Crippen LogP contribution in [0.5, 0.6) is 0 Å². The lowest BCUT2D eigenvalue weighted by atomic mass is 10.1. The Morgan fingerprint density at radius 1 is 1.42 bits per heavy atom. The van der Waals surface area contributed by atoms with E-state index < -0.39 is 10.0 Å². The monoisotopic (exact) mass is 304 g/mol. The van der Waals surface area contributed by atoms with Crippen LogP contribution in [0.3, 0.4) is 0 Å². The van der Waals surface area contributed by atoms with E-state index in [4.69, 9.17) is 4.74 Å². The highest BCUT2D eigenvalue weighted by Gasteiger charge is 2.24. The molecule has 1 fully saturated rings. The Bertz CT molecular complexity index is 519. The first-order valence-corrected chi connectivity index (χ1v) is 8.67. The Hall–Kier alpha value is -0.470. The van der Waals surface area contributed by atoms with Crippen LogP contribution in [0, 0.1) is 6.92 Å². The van der Waals surface area contributed by atoms with E-state index in [-0.39, 0.29) is 6.04 Å². The van der Waals surface area contributed by atoms with Crippen LogP contribution in [0.4, 0.5) is 0 Å². The molecule has 1 aliphatic heterocycles. The quantitative estimate of drug-likeness (QED) is 0.859. The average molecular weight is 304 g/mol. The van der Waals surface area contributed by atoms with Crippen molar-refractivity contribution in [2.75, 3.05) is 20.3 Å². The van der Waals surface area contributed by atoms with Crippen molar-refractivity contribution < 1.29 is 13.2 Å². The highest BCUT2D eigenvalue weighted by molar-refractivity contribution is 7.89. The summed E-state index contributed by atoms with van der Waals surface area (Å²) >= 11 is 1.52. The highest BCUT2D eigenvalue weighted by atomic mass is 32.2. The van der Waals surface area contributed by atoms with Gasteiger partial charge in [0.05, 0.1) is 4.90 Å². The molecule has 0 saturated carbocycles. The predicted octanol–water partition coefficient (Wildman–Crippen LogP) is 1.23. The highest BCUT2D eigenvalue weighted by Crippen LogP contribution is 2.26. The molecule has 1 aliphatic rings. The summed E-state index contributed by atoms with van der Waals surface area (Å²) in [4.78, 5) is 2.28. The SMILES string of the molecule is CNCc1cc(S(=O)(=O)NC2CCOCC2)c(C)s1. The molecule has 2 rings (SSSR count). The number of hydrogen-bond acceptors (Lipinski definition) is 5. The number of ether oxygens (including phenoxy) is 1. The van der Waals surface area contributed by atoms with Crippen molar-refractivity contribution in [2.24, 2.45) is 0 Å². The second kappa shape index (κ2) is 6.32. The molecular formula is C12H20N2O3S2. The first-order chi connectivity index (χ1) is 9.03. The lowest BCUT2D eigenvalue weighted by Gasteiger charge is -2.22. The number of hydrogen-bond donors (Lipinski definition) is 2. The van der Waals surface area contributed by atoms with Crippen molar-refractivity contribution in [1.29, 1.82) is 0 Å². The molecule has 2 N–H and O–H groups in total. The number of sulfonamides is 1. The number of aryl methyl sites for hydroxylation is 1. The molecule has 7 heteroatoms. The summed E-state index contributed by atoms with van der Waals surface area (Å²) in [5.41, 5.74) is 0. The molecule has 0 aromatic carbocycles. The minimum atomic E-state index is -3.41. The van der Waals surface area contributed by atoms with Crippen LogP contribution >= 0.6 is 11.3 Å². The van der Waals surface area contributed by atoms with E-state index >= 15 is 0 Å². The Balaban J connectivity index is 2.14. The third-order valence-electron chi connectivity index (χ3n) is 3.11.